The highest BCUT2D eigenvalue weighted by Crippen LogP contribution is 2.31. The zero-order valence-corrected chi connectivity index (χ0v) is 7.77. The van der Waals surface area contributed by atoms with Crippen molar-refractivity contribution in [3.8, 4) is 10.4 Å². The number of thiophene rings is 1. The quantitative estimate of drug-likeness (QED) is 0.558. The van der Waals surface area contributed by atoms with Crippen LogP contribution in [0.4, 0.5) is 5.00 Å². The van der Waals surface area contributed by atoms with Crippen molar-refractivity contribution in [2.75, 3.05) is 0 Å². The average Bonchev–Trinajstić information content (AvgIpc) is 2.68. The molecule has 2 aromatic heterocycles. The first-order valence-corrected chi connectivity index (χ1v) is 4.58. The van der Waals surface area contributed by atoms with Crippen molar-refractivity contribution in [3.63, 3.8) is 0 Å². The molecule has 0 aliphatic rings. The molecule has 2 rings (SSSR count). The summed E-state index contributed by atoms with van der Waals surface area (Å²) in [5, 5.41) is 10.6. The summed E-state index contributed by atoms with van der Waals surface area (Å²) >= 11 is 1.12. The third kappa shape index (κ3) is 1.60. The van der Waals surface area contributed by atoms with Crippen molar-refractivity contribution >= 4 is 16.3 Å². The third-order valence-electron chi connectivity index (χ3n) is 1.62. The first kappa shape index (κ1) is 8.76. The number of hydrogen-bond donors (Lipinski definition) is 0. The van der Waals surface area contributed by atoms with E-state index in [0.29, 0.717) is 0 Å². The van der Waals surface area contributed by atoms with E-state index < -0.39 is 4.92 Å². The Hall–Kier alpha value is -1.82. The van der Waals surface area contributed by atoms with Gasteiger partial charge in [0.15, 0.2) is 0 Å². The smallest absolute Gasteiger partial charge is 0.258 e. The van der Waals surface area contributed by atoms with Gasteiger partial charge in [-0.1, -0.05) is 11.3 Å². The van der Waals surface area contributed by atoms with E-state index in [4.69, 9.17) is 0 Å². The summed E-state index contributed by atoms with van der Waals surface area (Å²) in [6.45, 7) is 0. The van der Waals surface area contributed by atoms with Crippen molar-refractivity contribution in [2.24, 2.45) is 0 Å². The van der Waals surface area contributed by atoms with Gasteiger partial charge in [0.05, 0.1) is 4.92 Å². The van der Waals surface area contributed by atoms with Crippen molar-refractivity contribution in [2.45, 2.75) is 0 Å². The van der Waals surface area contributed by atoms with Crippen molar-refractivity contribution in [1.29, 1.82) is 0 Å². The average molecular weight is 207 g/mol. The first-order chi connectivity index (χ1) is 6.77. The summed E-state index contributed by atoms with van der Waals surface area (Å²) in [7, 11) is 0. The minimum absolute atomic E-state index is 0.129. The second-order valence-electron chi connectivity index (χ2n) is 2.52. The summed E-state index contributed by atoms with van der Waals surface area (Å²) < 4.78 is 0. The molecule has 0 spiro atoms. The fraction of sp³-hybridized carbons (Fsp3) is 0. The molecule has 0 aliphatic carbocycles. The van der Waals surface area contributed by atoms with Crippen LogP contribution in [0.15, 0.2) is 30.9 Å². The molecular formula is C8H5N3O2S. The lowest BCUT2D eigenvalue weighted by molar-refractivity contribution is -0.380. The molecule has 0 atom stereocenters. The monoisotopic (exact) mass is 207 g/mol. The molecule has 0 aromatic carbocycles. The van der Waals surface area contributed by atoms with E-state index >= 15 is 0 Å². The van der Waals surface area contributed by atoms with Crippen LogP contribution in [-0.2, 0) is 0 Å². The second kappa shape index (κ2) is 3.51. The first-order valence-electron chi connectivity index (χ1n) is 3.77. The van der Waals surface area contributed by atoms with Gasteiger partial charge in [0.1, 0.15) is 6.33 Å². The highest BCUT2D eigenvalue weighted by molar-refractivity contribution is 7.18. The SMILES string of the molecule is O=[N+]([O-])c1ccc(-c2cncnc2)s1. The largest absolute Gasteiger partial charge is 0.324 e. The highest BCUT2D eigenvalue weighted by Gasteiger charge is 2.10. The molecular weight excluding hydrogens is 202 g/mol. The molecule has 2 heterocycles. The van der Waals surface area contributed by atoms with Gasteiger partial charge in [0.2, 0.25) is 0 Å². The molecule has 0 saturated heterocycles. The van der Waals surface area contributed by atoms with Gasteiger partial charge < -0.3 is 0 Å². The van der Waals surface area contributed by atoms with Gasteiger partial charge in [0, 0.05) is 28.9 Å². The van der Waals surface area contributed by atoms with Gasteiger partial charge in [-0.25, -0.2) is 9.97 Å². The summed E-state index contributed by atoms with van der Waals surface area (Å²) in [4.78, 5) is 18.5. The molecule has 0 saturated carbocycles. The molecule has 2 aromatic rings. The molecule has 0 aliphatic heterocycles. The van der Waals surface area contributed by atoms with E-state index in [1.165, 1.54) is 12.4 Å². The molecule has 70 valence electrons. The Bertz CT molecular complexity index is 455. The highest BCUT2D eigenvalue weighted by atomic mass is 32.1. The maximum Gasteiger partial charge on any atom is 0.324 e. The number of nitro groups is 1. The molecule has 0 N–H and O–H groups in total. The summed E-state index contributed by atoms with van der Waals surface area (Å²) in [6.07, 6.45) is 4.68. The summed E-state index contributed by atoms with van der Waals surface area (Å²) in [6, 6.07) is 3.18. The van der Waals surface area contributed by atoms with Crippen LogP contribution in [0, 0.1) is 10.1 Å². The maximum atomic E-state index is 10.4. The molecule has 5 nitrogen and oxygen atoms in total. The Balaban J connectivity index is 2.39. The predicted molar refractivity (Wildman–Crippen MR) is 52.0 cm³/mol. The van der Waals surface area contributed by atoms with Crippen LogP contribution in [0.2, 0.25) is 0 Å². The standard InChI is InChI=1S/C8H5N3O2S/c12-11(13)8-2-1-7(14-8)6-3-9-5-10-4-6/h1-5H. The Morgan fingerprint density at radius 2 is 2.00 bits per heavy atom. The lowest BCUT2D eigenvalue weighted by Crippen LogP contribution is -1.80. The van der Waals surface area contributed by atoms with E-state index in [0.717, 1.165) is 21.8 Å². The van der Waals surface area contributed by atoms with Gasteiger partial charge >= 0.3 is 5.00 Å². The van der Waals surface area contributed by atoms with Crippen molar-refractivity contribution in [3.05, 3.63) is 41.0 Å². The van der Waals surface area contributed by atoms with E-state index in [9.17, 15) is 10.1 Å². The van der Waals surface area contributed by atoms with Crippen LogP contribution in [0.25, 0.3) is 10.4 Å². The van der Waals surface area contributed by atoms with Crippen LogP contribution in [0.3, 0.4) is 0 Å². The van der Waals surface area contributed by atoms with E-state index in [1.54, 1.807) is 18.5 Å². The van der Waals surface area contributed by atoms with Crippen LogP contribution in [-0.4, -0.2) is 14.9 Å². The van der Waals surface area contributed by atoms with Gasteiger partial charge in [-0.15, -0.1) is 0 Å². The molecule has 0 bridgehead atoms. The number of hydrogen-bond acceptors (Lipinski definition) is 5. The lowest BCUT2D eigenvalue weighted by atomic mass is 10.3. The van der Waals surface area contributed by atoms with E-state index in [1.807, 2.05) is 0 Å². The lowest BCUT2D eigenvalue weighted by Gasteiger charge is -1.91. The Kier molecular flexibility index (Phi) is 2.19. The molecule has 0 amide bonds. The normalized spacial score (nSPS) is 10.0. The van der Waals surface area contributed by atoms with Crippen LogP contribution < -0.4 is 0 Å². The molecule has 14 heavy (non-hydrogen) atoms. The zero-order chi connectivity index (χ0) is 9.97. The fourth-order valence-electron chi connectivity index (χ4n) is 1.01. The Morgan fingerprint density at radius 3 is 2.57 bits per heavy atom. The topological polar surface area (TPSA) is 68.9 Å². The predicted octanol–water partition coefficient (Wildman–Crippen LogP) is 2.11. The van der Waals surface area contributed by atoms with Gasteiger partial charge in [-0.2, -0.15) is 0 Å². The van der Waals surface area contributed by atoms with Crippen LogP contribution >= 0.6 is 11.3 Å². The van der Waals surface area contributed by atoms with Crippen molar-refractivity contribution in [1.82, 2.24) is 9.97 Å². The summed E-state index contributed by atoms with van der Waals surface area (Å²) in [5.74, 6) is 0. The molecule has 0 fully saturated rings. The summed E-state index contributed by atoms with van der Waals surface area (Å²) in [5.41, 5.74) is 0.797. The number of aromatic nitrogens is 2. The maximum absolute atomic E-state index is 10.4. The van der Waals surface area contributed by atoms with Gasteiger partial charge in [-0.05, 0) is 6.07 Å². The Morgan fingerprint density at radius 1 is 1.29 bits per heavy atom. The fourth-order valence-corrected chi connectivity index (χ4v) is 1.80. The molecule has 0 unspecified atom stereocenters. The number of rotatable bonds is 2. The van der Waals surface area contributed by atoms with E-state index in [2.05, 4.69) is 9.97 Å². The van der Waals surface area contributed by atoms with Crippen LogP contribution in [0.5, 0.6) is 0 Å². The second-order valence-corrected chi connectivity index (χ2v) is 3.58. The minimum Gasteiger partial charge on any atom is -0.258 e. The van der Waals surface area contributed by atoms with Gasteiger partial charge in [-0.3, -0.25) is 10.1 Å². The van der Waals surface area contributed by atoms with Gasteiger partial charge in [0.25, 0.3) is 0 Å². The molecule has 6 heteroatoms. The Labute approximate surface area is 83.2 Å². The molecule has 0 radical (unpaired) electrons. The number of nitrogens with zero attached hydrogens (tertiary/aromatic N) is 3. The minimum atomic E-state index is -0.405. The van der Waals surface area contributed by atoms with Crippen molar-refractivity contribution < 1.29 is 4.92 Å². The van der Waals surface area contributed by atoms with Crippen LogP contribution in [0.1, 0.15) is 0 Å². The third-order valence-corrected chi connectivity index (χ3v) is 2.70. The zero-order valence-electron chi connectivity index (χ0n) is 6.95. The van der Waals surface area contributed by atoms with E-state index in [-0.39, 0.29) is 5.00 Å².